The van der Waals surface area contributed by atoms with Gasteiger partial charge in [-0.15, -0.1) is 0 Å². The van der Waals surface area contributed by atoms with Crippen molar-refractivity contribution in [3.8, 4) is 0 Å². The zero-order chi connectivity index (χ0) is 10.7. The lowest BCUT2D eigenvalue weighted by atomic mass is 10.0. The molecule has 1 saturated heterocycles. The molecule has 0 atom stereocenters. The van der Waals surface area contributed by atoms with E-state index in [1.165, 1.54) is 45.3 Å². The second-order valence-electron chi connectivity index (χ2n) is 5.12. The van der Waals surface area contributed by atoms with E-state index in [-0.39, 0.29) is 0 Å². The maximum absolute atomic E-state index is 5.54. The molecular weight excluding hydrogens is 186 g/mol. The van der Waals surface area contributed by atoms with Crippen molar-refractivity contribution in [1.82, 2.24) is 9.80 Å². The van der Waals surface area contributed by atoms with Crippen molar-refractivity contribution in [2.24, 2.45) is 5.73 Å². The highest BCUT2D eigenvalue weighted by Gasteiger charge is 2.32. The van der Waals surface area contributed by atoms with Gasteiger partial charge in [0, 0.05) is 12.1 Å². The van der Waals surface area contributed by atoms with Gasteiger partial charge < -0.3 is 15.5 Å². The third kappa shape index (κ3) is 3.16. The predicted octanol–water partition coefficient (Wildman–Crippen LogP) is 0.894. The number of nitrogens with zero attached hydrogens (tertiary/aromatic N) is 2. The second kappa shape index (κ2) is 5.28. The fourth-order valence-electron chi connectivity index (χ4n) is 2.65. The van der Waals surface area contributed by atoms with Gasteiger partial charge in [-0.3, -0.25) is 0 Å². The van der Waals surface area contributed by atoms with Crippen LogP contribution in [0.4, 0.5) is 0 Å². The molecule has 15 heavy (non-hydrogen) atoms. The topological polar surface area (TPSA) is 32.5 Å². The number of hydrogen-bond acceptors (Lipinski definition) is 3. The van der Waals surface area contributed by atoms with Crippen LogP contribution in [0.1, 0.15) is 32.1 Å². The van der Waals surface area contributed by atoms with E-state index in [2.05, 4.69) is 16.8 Å². The molecule has 0 aromatic rings. The smallest absolute Gasteiger partial charge is 0.0117 e. The molecule has 0 aromatic carbocycles. The highest BCUT2D eigenvalue weighted by molar-refractivity contribution is 4.89. The molecule has 3 nitrogen and oxygen atoms in total. The Bertz CT molecular complexity index is 183. The van der Waals surface area contributed by atoms with E-state index in [0.29, 0.717) is 0 Å². The molecule has 1 saturated carbocycles. The first kappa shape index (κ1) is 11.4. The standard InChI is InChI=1S/C12H25N3/c1-14(8-2-7-13)11-5-9-15(10-6-11)12-3-4-12/h11-12H,2-10,13H2,1H3. The molecular formula is C12H25N3. The van der Waals surface area contributed by atoms with Gasteiger partial charge in [-0.25, -0.2) is 0 Å². The first-order valence-corrected chi connectivity index (χ1v) is 6.45. The fraction of sp³-hybridized carbons (Fsp3) is 1.00. The summed E-state index contributed by atoms with van der Waals surface area (Å²) in [6, 6.07) is 1.77. The number of hydrogen-bond donors (Lipinski definition) is 1. The van der Waals surface area contributed by atoms with Crippen LogP contribution in [0.5, 0.6) is 0 Å². The van der Waals surface area contributed by atoms with Crippen molar-refractivity contribution in [2.75, 3.05) is 33.2 Å². The maximum atomic E-state index is 5.54. The molecule has 1 heterocycles. The van der Waals surface area contributed by atoms with Gasteiger partial charge >= 0.3 is 0 Å². The van der Waals surface area contributed by atoms with E-state index in [4.69, 9.17) is 5.73 Å². The highest BCUT2D eigenvalue weighted by atomic mass is 15.2. The van der Waals surface area contributed by atoms with Crippen LogP contribution in [-0.2, 0) is 0 Å². The van der Waals surface area contributed by atoms with Gasteiger partial charge in [0.1, 0.15) is 0 Å². The van der Waals surface area contributed by atoms with Crippen LogP contribution < -0.4 is 5.73 Å². The summed E-state index contributed by atoms with van der Waals surface area (Å²) in [7, 11) is 2.26. The zero-order valence-electron chi connectivity index (χ0n) is 9.99. The van der Waals surface area contributed by atoms with Gasteiger partial charge in [0.2, 0.25) is 0 Å². The molecule has 0 unspecified atom stereocenters. The highest BCUT2D eigenvalue weighted by Crippen LogP contribution is 2.30. The van der Waals surface area contributed by atoms with Crippen LogP contribution in [0, 0.1) is 0 Å². The quantitative estimate of drug-likeness (QED) is 0.733. The van der Waals surface area contributed by atoms with Gasteiger partial charge in [0.25, 0.3) is 0 Å². The minimum atomic E-state index is 0.812. The molecule has 1 aliphatic heterocycles. The Labute approximate surface area is 93.6 Å². The van der Waals surface area contributed by atoms with Gasteiger partial charge in [0.05, 0.1) is 0 Å². The first-order chi connectivity index (χ1) is 7.31. The number of piperidine rings is 1. The largest absolute Gasteiger partial charge is 0.330 e. The van der Waals surface area contributed by atoms with E-state index in [9.17, 15) is 0 Å². The average Bonchev–Trinajstić information content (AvgIpc) is 3.10. The Balaban J connectivity index is 1.67. The van der Waals surface area contributed by atoms with Crippen molar-refractivity contribution in [1.29, 1.82) is 0 Å². The van der Waals surface area contributed by atoms with Gasteiger partial charge in [-0.05, 0) is 65.3 Å². The van der Waals surface area contributed by atoms with Crippen LogP contribution in [-0.4, -0.2) is 55.1 Å². The lowest BCUT2D eigenvalue weighted by molar-refractivity contribution is 0.123. The van der Waals surface area contributed by atoms with Crippen LogP contribution in [0.3, 0.4) is 0 Å². The lowest BCUT2D eigenvalue weighted by Crippen LogP contribution is -2.44. The molecule has 0 aromatic heterocycles. The van der Waals surface area contributed by atoms with Crippen LogP contribution in [0.2, 0.25) is 0 Å². The summed E-state index contributed by atoms with van der Waals surface area (Å²) >= 11 is 0. The number of rotatable bonds is 5. The van der Waals surface area contributed by atoms with Crippen molar-refractivity contribution in [2.45, 2.75) is 44.2 Å². The third-order valence-corrected chi connectivity index (χ3v) is 3.90. The van der Waals surface area contributed by atoms with Crippen LogP contribution >= 0.6 is 0 Å². The van der Waals surface area contributed by atoms with Gasteiger partial charge in [0.15, 0.2) is 0 Å². The minimum absolute atomic E-state index is 0.812. The van der Waals surface area contributed by atoms with E-state index >= 15 is 0 Å². The fourth-order valence-corrected chi connectivity index (χ4v) is 2.65. The summed E-state index contributed by atoms with van der Waals surface area (Å²) in [4.78, 5) is 5.20. The molecule has 2 aliphatic rings. The Hall–Kier alpha value is -0.120. The molecule has 0 amide bonds. The summed E-state index contributed by atoms with van der Waals surface area (Å²) in [5.41, 5.74) is 5.54. The molecule has 0 bridgehead atoms. The molecule has 2 fully saturated rings. The summed E-state index contributed by atoms with van der Waals surface area (Å²) in [6.07, 6.45) is 6.76. The predicted molar refractivity (Wildman–Crippen MR) is 63.9 cm³/mol. The number of nitrogens with two attached hydrogens (primary N) is 1. The van der Waals surface area contributed by atoms with Crippen molar-refractivity contribution in [3.63, 3.8) is 0 Å². The molecule has 3 heteroatoms. The molecule has 88 valence electrons. The Morgan fingerprint density at radius 2 is 1.87 bits per heavy atom. The minimum Gasteiger partial charge on any atom is -0.330 e. The Morgan fingerprint density at radius 3 is 2.40 bits per heavy atom. The zero-order valence-corrected chi connectivity index (χ0v) is 9.99. The molecule has 2 N–H and O–H groups in total. The van der Waals surface area contributed by atoms with E-state index in [0.717, 1.165) is 25.0 Å². The molecule has 0 spiro atoms. The Morgan fingerprint density at radius 1 is 1.20 bits per heavy atom. The van der Waals surface area contributed by atoms with Crippen molar-refractivity contribution in [3.05, 3.63) is 0 Å². The first-order valence-electron chi connectivity index (χ1n) is 6.45. The SMILES string of the molecule is CN(CCCN)C1CCN(C2CC2)CC1. The van der Waals surface area contributed by atoms with E-state index in [1.807, 2.05) is 0 Å². The average molecular weight is 211 g/mol. The summed E-state index contributed by atoms with van der Waals surface area (Å²) < 4.78 is 0. The summed E-state index contributed by atoms with van der Waals surface area (Å²) in [6.45, 7) is 4.64. The molecule has 2 rings (SSSR count). The number of likely N-dealkylation sites (tertiary alicyclic amines) is 1. The normalized spacial score (nSPS) is 25.0. The van der Waals surface area contributed by atoms with E-state index < -0.39 is 0 Å². The summed E-state index contributed by atoms with van der Waals surface area (Å²) in [5.74, 6) is 0. The van der Waals surface area contributed by atoms with Crippen LogP contribution in [0.15, 0.2) is 0 Å². The monoisotopic (exact) mass is 211 g/mol. The van der Waals surface area contributed by atoms with Crippen molar-refractivity contribution < 1.29 is 0 Å². The van der Waals surface area contributed by atoms with Crippen LogP contribution in [0.25, 0.3) is 0 Å². The molecule has 0 radical (unpaired) electrons. The Kier molecular flexibility index (Phi) is 4.00. The van der Waals surface area contributed by atoms with Gasteiger partial charge in [-0.2, -0.15) is 0 Å². The lowest BCUT2D eigenvalue weighted by Gasteiger charge is -2.36. The maximum Gasteiger partial charge on any atom is 0.0117 e. The summed E-state index contributed by atoms with van der Waals surface area (Å²) in [5, 5.41) is 0. The molecule has 1 aliphatic carbocycles. The van der Waals surface area contributed by atoms with E-state index in [1.54, 1.807) is 0 Å². The van der Waals surface area contributed by atoms with Crippen molar-refractivity contribution >= 4 is 0 Å². The second-order valence-corrected chi connectivity index (χ2v) is 5.12. The third-order valence-electron chi connectivity index (χ3n) is 3.90. The van der Waals surface area contributed by atoms with Gasteiger partial charge in [-0.1, -0.05) is 0 Å².